The van der Waals surface area contributed by atoms with Crippen LogP contribution in [-0.2, 0) is 0 Å². The summed E-state index contributed by atoms with van der Waals surface area (Å²) >= 11 is 0. The fourth-order valence-electron chi connectivity index (χ4n) is 3.22. The number of hydrogen-bond acceptors (Lipinski definition) is 4. The molecule has 2 rings (SSSR count). The number of nitrogens with zero attached hydrogens (tertiary/aromatic N) is 3. The molecule has 0 unspecified atom stereocenters. The number of piperazine rings is 1. The molecular weight excluding hydrogens is 260 g/mol. The van der Waals surface area contributed by atoms with Crippen LogP contribution >= 0.6 is 0 Å². The minimum atomic E-state index is 0.262. The summed E-state index contributed by atoms with van der Waals surface area (Å²) < 4.78 is 0. The second-order valence-corrected chi connectivity index (χ2v) is 8.06. The molecule has 4 heteroatoms. The molecule has 0 radical (unpaired) electrons. The van der Waals surface area contributed by atoms with Gasteiger partial charge in [-0.1, -0.05) is 0 Å². The molecule has 4 nitrogen and oxygen atoms in total. The lowest BCUT2D eigenvalue weighted by atomic mass is 9.95. The van der Waals surface area contributed by atoms with E-state index in [1.54, 1.807) is 0 Å². The highest BCUT2D eigenvalue weighted by atomic mass is 15.3. The van der Waals surface area contributed by atoms with Crippen LogP contribution in [0.2, 0.25) is 0 Å². The maximum atomic E-state index is 3.66. The van der Waals surface area contributed by atoms with Crippen molar-refractivity contribution < 1.29 is 0 Å². The van der Waals surface area contributed by atoms with Gasteiger partial charge in [0.25, 0.3) is 0 Å². The van der Waals surface area contributed by atoms with E-state index in [1.165, 1.54) is 71.7 Å². The van der Waals surface area contributed by atoms with E-state index in [4.69, 9.17) is 0 Å². The first-order valence-corrected chi connectivity index (χ1v) is 8.81. The van der Waals surface area contributed by atoms with Crippen LogP contribution < -0.4 is 5.32 Å². The summed E-state index contributed by atoms with van der Waals surface area (Å²) in [7, 11) is 2.23. The molecule has 0 atom stereocenters. The highest BCUT2D eigenvalue weighted by Gasteiger charge is 2.21. The van der Waals surface area contributed by atoms with Crippen LogP contribution in [0.15, 0.2) is 0 Å². The molecule has 0 saturated carbocycles. The fraction of sp³-hybridized carbons (Fsp3) is 1.00. The first-order valence-electron chi connectivity index (χ1n) is 8.81. The topological polar surface area (TPSA) is 21.8 Å². The molecule has 2 saturated heterocycles. The molecule has 0 aliphatic carbocycles. The van der Waals surface area contributed by atoms with E-state index in [0.717, 1.165) is 5.92 Å². The molecule has 21 heavy (non-hydrogen) atoms. The Kier molecular flexibility index (Phi) is 6.48. The summed E-state index contributed by atoms with van der Waals surface area (Å²) in [6, 6.07) is 0. The highest BCUT2D eigenvalue weighted by Crippen LogP contribution is 2.17. The van der Waals surface area contributed by atoms with E-state index in [-0.39, 0.29) is 5.54 Å². The van der Waals surface area contributed by atoms with Crippen molar-refractivity contribution in [2.75, 3.05) is 66.0 Å². The highest BCUT2D eigenvalue weighted by molar-refractivity contribution is 4.79. The monoisotopic (exact) mass is 296 g/mol. The molecule has 2 fully saturated rings. The third-order valence-electron chi connectivity index (χ3n) is 4.96. The van der Waals surface area contributed by atoms with Gasteiger partial charge < -0.3 is 15.1 Å². The SMILES string of the molecule is CN1CCN(CCN2CCC(CNC(C)(C)C)CC2)CC1. The normalized spacial score (nSPS) is 24.6. The predicted octanol–water partition coefficient (Wildman–Crippen LogP) is 1.33. The second kappa shape index (κ2) is 7.91. The van der Waals surface area contributed by atoms with Crippen molar-refractivity contribution in [3.8, 4) is 0 Å². The summed E-state index contributed by atoms with van der Waals surface area (Å²) in [6.45, 7) is 18.1. The van der Waals surface area contributed by atoms with Gasteiger partial charge in [0.15, 0.2) is 0 Å². The summed E-state index contributed by atoms with van der Waals surface area (Å²) in [5.74, 6) is 0.879. The number of likely N-dealkylation sites (N-methyl/N-ethyl adjacent to an activating group) is 1. The van der Waals surface area contributed by atoms with Gasteiger partial charge in [-0.15, -0.1) is 0 Å². The summed E-state index contributed by atoms with van der Waals surface area (Å²) in [5.41, 5.74) is 0.262. The van der Waals surface area contributed by atoms with Gasteiger partial charge in [-0.2, -0.15) is 0 Å². The Morgan fingerprint density at radius 1 is 0.857 bits per heavy atom. The minimum Gasteiger partial charge on any atom is -0.312 e. The lowest BCUT2D eigenvalue weighted by Crippen LogP contribution is -2.48. The Morgan fingerprint density at radius 3 is 1.90 bits per heavy atom. The van der Waals surface area contributed by atoms with Gasteiger partial charge >= 0.3 is 0 Å². The quantitative estimate of drug-likeness (QED) is 0.826. The molecule has 124 valence electrons. The van der Waals surface area contributed by atoms with Crippen molar-refractivity contribution in [3.63, 3.8) is 0 Å². The molecule has 0 aromatic carbocycles. The summed E-state index contributed by atoms with van der Waals surface area (Å²) in [4.78, 5) is 7.74. The van der Waals surface area contributed by atoms with Crippen LogP contribution in [-0.4, -0.2) is 86.2 Å². The smallest absolute Gasteiger partial charge is 0.0110 e. The van der Waals surface area contributed by atoms with E-state index >= 15 is 0 Å². The van der Waals surface area contributed by atoms with Crippen molar-refractivity contribution in [3.05, 3.63) is 0 Å². The van der Waals surface area contributed by atoms with Gasteiger partial charge in [0.2, 0.25) is 0 Å². The average Bonchev–Trinajstić information content (AvgIpc) is 2.45. The Hall–Kier alpha value is -0.160. The molecule has 1 N–H and O–H groups in total. The number of likely N-dealkylation sites (tertiary alicyclic amines) is 1. The number of piperidine rings is 1. The van der Waals surface area contributed by atoms with Crippen LogP contribution in [0.3, 0.4) is 0 Å². The number of rotatable bonds is 5. The lowest BCUT2D eigenvalue weighted by molar-refractivity contribution is 0.118. The lowest BCUT2D eigenvalue weighted by Gasteiger charge is -2.36. The molecule has 0 spiro atoms. The van der Waals surface area contributed by atoms with Crippen molar-refractivity contribution >= 4 is 0 Å². The van der Waals surface area contributed by atoms with Crippen molar-refractivity contribution in [1.29, 1.82) is 0 Å². The molecule has 0 aromatic heterocycles. The maximum Gasteiger partial charge on any atom is 0.0110 e. The van der Waals surface area contributed by atoms with Gasteiger partial charge in [-0.05, 0) is 66.2 Å². The minimum absolute atomic E-state index is 0.262. The summed E-state index contributed by atoms with van der Waals surface area (Å²) in [5, 5.41) is 3.66. The van der Waals surface area contributed by atoms with E-state index in [2.05, 4.69) is 47.8 Å². The zero-order chi connectivity index (χ0) is 15.3. The van der Waals surface area contributed by atoms with Gasteiger partial charge in [-0.3, -0.25) is 4.90 Å². The average molecular weight is 297 g/mol. The van der Waals surface area contributed by atoms with Crippen molar-refractivity contribution in [2.24, 2.45) is 5.92 Å². The van der Waals surface area contributed by atoms with E-state index in [1.807, 2.05) is 0 Å². The molecule has 0 aromatic rings. The van der Waals surface area contributed by atoms with E-state index < -0.39 is 0 Å². The largest absolute Gasteiger partial charge is 0.312 e. The van der Waals surface area contributed by atoms with Crippen LogP contribution in [0, 0.1) is 5.92 Å². The Balaban J connectivity index is 1.57. The zero-order valence-electron chi connectivity index (χ0n) is 14.7. The van der Waals surface area contributed by atoms with Crippen LogP contribution in [0.25, 0.3) is 0 Å². The molecule has 2 aliphatic rings. The zero-order valence-corrected chi connectivity index (χ0v) is 14.7. The second-order valence-electron chi connectivity index (χ2n) is 8.06. The van der Waals surface area contributed by atoms with Crippen LogP contribution in [0.5, 0.6) is 0 Å². The van der Waals surface area contributed by atoms with Crippen molar-refractivity contribution in [2.45, 2.75) is 39.2 Å². The van der Waals surface area contributed by atoms with E-state index in [9.17, 15) is 0 Å². The number of hydrogen-bond donors (Lipinski definition) is 1. The van der Waals surface area contributed by atoms with E-state index in [0.29, 0.717) is 0 Å². The van der Waals surface area contributed by atoms with Gasteiger partial charge in [0.1, 0.15) is 0 Å². The van der Waals surface area contributed by atoms with Gasteiger partial charge in [-0.25, -0.2) is 0 Å². The first kappa shape index (κ1) is 17.2. The third kappa shape index (κ3) is 6.64. The van der Waals surface area contributed by atoms with Gasteiger partial charge in [0, 0.05) is 44.8 Å². The first-order chi connectivity index (χ1) is 9.92. The van der Waals surface area contributed by atoms with Crippen molar-refractivity contribution in [1.82, 2.24) is 20.0 Å². The Labute approximate surface area is 131 Å². The standard InChI is InChI=1S/C17H36N4/c1-17(2,3)18-15-16-5-7-20(8-6-16)13-14-21-11-9-19(4)10-12-21/h16,18H,5-15H2,1-4H3. The predicted molar refractivity (Wildman–Crippen MR) is 90.9 cm³/mol. The molecule has 0 amide bonds. The third-order valence-corrected chi connectivity index (χ3v) is 4.96. The Bertz CT molecular complexity index is 284. The number of nitrogens with one attached hydrogen (secondary N) is 1. The summed E-state index contributed by atoms with van der Waals surface area (Å²) in [6.07, 6.45) is 2.73. The maximum absolute atomic E-state index is 3.66. The fourth-order valence-corrected chi connectivity index (χ4v) is 3.22. The van der Waals surface area contributed by atoms with Crippen LogP contribution in [0.4, 0.5) is 0 Å². The van der Waals surface area contributed by atoms with Crippen LogP contribution in [0.1, 0.15) is 33.6 Å². The molecule has 0 bridgehead atoms. The Morgan fingerprint density at radius 2 is 1.38 bits per heavy atom. The molecule has 2 aliphatic heterocycles. The molecular formula is C17H36N4. The molecule has 2 heterocycles. The van der Waals surface area contributed by atoms with Gasteiger partial charge in [0.05, 0.1) is 0 Å².